The minimum atomic E-state index is 0.498. The van der Waals surface area contributed by atoms with Crippen LogP contribution in [0.25, 0.3) is 5.69 Å². The van der Waals surface area contributed by atoms with E-state index < -0.39 is 0 Å². The molecule has 0 saturated heterocycles. The van der Waals surface area contributed by atoms with Gasteiger partial charge in [0.05, 0.1) is 17.7 Å². The van der Waals surface area contributed by atoms with Crippen LogP contribution in [0.5, 0.6) is 5.75 Å². The molecule has 0 spiro atoms. The molecule has 20 heavy (non-hydrogen) atoms. The van der Waals surface area contributed by atoms with E-state index in [1.807, 2.05) is 59.3 Å². The average Bonchev–Trinajstić information content (AvgIpc) is 3.02. The van der Waals surface area contributed by atoms with E-state index in [1.54, 1.807) is 12.5 Å². The van der Waals surface area contributed by atoms with E-state index in [1.165, 1.54) is 0 Å². The molecule has 0 saturated carbocycles. The highest BCUT2D eigenvalue weighted by Gasteiger charge is 2.04. The van der Waals surface area contributed by atoms with Crippen LogP contribution in [0.4, 0.5) is 5.69 Å². The third-order valence-electron chi connectivity index (χ3n) is 3.04. The van der Waals surface area contributed by atoms with Crippen LogP contribution >= 0.6 is 0 Å². The lowest BCUT2D eigenvalue weighted by atomic mass is 10.2. The summed E-state index contributed by atoms with van der Waals surface area (Å²) in [4.78, 5) is 4.04. The SMILES string of the molecule is Nc1ccc(-n2ccnc2)cc1OCc1ccccc1. The van der Waals surface area contributed by atoms with Gasteiger partial charge in [0.25, 0.3) is 0 Å². The zero-order valence-electron chi connectivity index (χ0n) is 10.9. The van der Waals surface area contributed by atoms with Crippen molar-refractivity contribution in [3.05, 3.63) is 72.8 Å². The van der Waals surface area contributed by atoms with Crippen molar-refractivity contribution in [3.8, 4) is 11.4 Å². The highest BCUT2D eigenvalue weighted by Crippen LogP contribution is 2.25. The second kappa shape index (κ2) is 5.48. The van der Waals surface area contributed by atoms with Crippen molar-refractivity contribution in [2.45, 2.75) is 6.61 Å². The van der Waals surface area contributed by atoms with Crippen molar-refractivity contribution >= 4 is 5.69 Å². The van der Waals surface area contributed by atoms with Crippen molar-refractivity contribution in [1.29, 1.82) is 0 Å². The Balaban J connectivity index is 1.80. The first kappa shape index (κ1) is 12.3. The molecule has 0 amide bonds. The predicted molar refractivity (Wildman–Crippen MR) is 78.8 cm³/mol. The first-order valence-electron chi connectivity index (χ1n) is 6.37. The van der Waals surface area contributed by atoms with Crippen LogP contribution in [0.3, 0.4) is 0 Å². The van der Waals surface area contributed by atoms with Crippen LogP contribution in [0.2, 0.25) is 0 Å². The molecule has 1 aromatic heterocycles. The Morgan fingerprint density at radius 1 is 1.10 bits per heavy atom. The fraction of sp³-hybridized carbons (Fsp3) is 0.0625. The van der Waals surface area contributed by atoms with Crippen LogP contribution in [-0.2, 0) is 6.61 Å². The van der Waals surface area contributed by atoms with Gasteiger partial charge in [0.2, 0.25) is 0 Å². The Labute approximate surface area is 117 Å². The predicted octanol–water partition coefficient (Wildman–Crippen LogP) is 3.03. The molecule has 0 aliphatic carbocycles. The maximum atomic E-state index is 5.96. The lowest BCUT2D eigenvalue weighted by molar-refractivity contribution is 0.308. The van der Waals surface area contributed by atoms with Crippen molar-refractivity contribution in [1.82, 2.24) is 9.55 Å². The number of nitrogens with zero attached hydrogens (tertiary/aromatic N) is 2. The summed E-state index contributed by atoms with van der Waals surface area (Å²) in [6, 6.07) is 15.7. The van der Waals surface area contributed by atoms with Gasteiger partial charge in [-0.15, -0.1) is 0 Å². The highest BCUT2D eigenvalue weighted by molar-refractivity contribution is 5.57. The molecule has 0 bridgehead atoms. The fourth-order valence-corrected chi connectivity index (χ4v) is 1.96. The van der Waals surface area contributed by atoms with Gasteiger partial charge < -0.3 is 15.0 Å². The van der Waals surface area contributed by atoms with Gasteiger partial charge in [-0.25, -0.2) is 4.98 Å². The van der Waals surface area contributed by atoms with Gasteiger partial charge in [0.1, 0.15) is 12.4 Å². The number of rotatable bonds is 4. The molecular weight excluding hydrogens is 250 g/mol. The van der Waals surface area contributed by atoms with E-state index in [2.05, 4.69) is 4.98 Å². The number of nitrogen functional groups attached to an aromatic ring is 1. The number of nitrogens with two attached hydrogens (primary N) is 1. The van der Waals surface area contributed by atoms with E-state index in [0.29, 0.717) is 18.0 Å². The minimum Gasteiger partial charge on any atom is -0.487 e. The number of anilines is 1. The number of benzene rings is 2. The summed E-state index contributed by atoms with van der Waals surface area (Å²) in [6.07, 6.45) is 5.36. The molecule has 0 aliphatic heterocycles. The Morgan fingerprint density at radius 2 is 1.95 bits per heavy atom. The van der Waals surface area contributed by atoms with Gasteiger partial charge in [-0.05, 0) is 17.7 Å². The standard InChI is InChI=1S/C16H15N3O/c17-15-7-6-14(19-9-8-18-12-19)10-16(15)20-11-13-4-2-1-3-5-13/h1-10,12H,11,17H2. The molecule has 0 unspecified atom stereocenters. The van der Waals surface area contributed by atoms with Crippen LogP contribution < -0.4 is 10.5 Å². The molecule has 3 aromatic rings. The van der Waals surface area contributed by atoms with Crippen molar-refractivity contribution in [2.75, 3.05) is 5.73 Å². The summed E-state index contributed by atoms with van der Waals surface area (Å²) in [7, 11) is 0. The van der Waals surface area contributed by atoms with Gasteiger partial charge >= 0.3 is 0 Å². The zero-order chi connectivity index (χ0) is 13.8. The number of ether oxygens (including phenoxy) is 1. The van der Waals surface area contributed by atoms with E-state index in [-0.39, 0.29) is 0 Å². The third-order valence-corrected chi connectivity index (χ3v) is 3.04. The number of hydrogen-bond donors (Lipinski definition) is 1. The fourth-order valence-electron chi connectivity index (χ4n) is 1.96. The zero-order valence-corrected chi connectivity index (χ0v) is 10.9. The topological polar surface area (TPSA) is 53.1 Å². The second-order valence-electron chi connectivity index (χ2n) is 4.47. The Morgan fingerprint density at radius 3 is 2.70 bits per heavy atom. The molecule has 3 rings (SSSR count). The molecule has 0 radical (unpaired) electrons. The molecule has 0 fully saturated rings. The first-order chi connectivity index (χ1) is 9.83. The molecule has 4 heteroatoms. The second-order valence-corrected chi connectivity index (χ2v) is 4.47. The first-order valence-corrected chi connectivity index (χ1v) is 6.37. The Bertz CT molecular complexity index is 678. The highest BCUT2D eigenvalue weighted by atomic mass is 16.5. The van der Waals surface area contributed by atoms with Crippen molar-refractivity contribution in [2.24, 2.45) is 0 Å². The van der Waals surface area contributed by atoms with Crippen LogP contribution in [-0.4, -0.2) is 9.55 Å². The summed E-state index contributed by atoms with van der Waals surface area (Å²) in [5, 5.41) is 0. The Hall–Kier alpha value is -2.75. The maximum Gasteiger partial charge on any atom is 0.144 e. The maximum absolute atomic E-state index is 5.96. The van der Waals surface area contributed by atoms with Gasteiger partial charge in [0.15, 0.2) is 0 Å². The smallest absolute Gasteiger partial charge is 0.144 e. The summed E-state index contributed by atoms with van der Waals surface area (Å²) in [5.74, 6) is 0.681. The van der Waals surface area contributed by atoms with E-state index in [0.717, 1.165) is 11.3 Å². The molecule has 2 aromatic carbocycles. The van der Waals surface area contributed by atoms with E-state index in [9.17, 15) is 0 Å². The monoisotopic (exact) mass is 265 g/mol. The quantitative estimate of drug-likeness (QED) is 0.738. The van der Waals surface area contributed by atoms with E-state index in [4.69, 9.17) is 10.5 Å². The molecule has 100 valence electrons. The lowest BCUT2D eigenvalue weighted by Crippen LogP contribution is -2.00. The van der Waals surface area contributed by atoms with Gasteiger partial charge in [-0.2, -0.15) is 0 Å². The summed E-state index contributed by atoms with van der Waals surface area (Å²) < 4.78 is 7.71. The normalized spacial score (nSPS) is 10.4. The van der Waals surface area contributed by atoms with Gasteiger partial charge in [-0.1, -0.05) is 30.3 Å². The van der Waals surface area contributed by atoms with E-state index >= 15 is 0 Å². The van der Waals surface area contributed by atoms with Crippen molar-refractivity contribution < 1.29 is 4.74 Å². The molecule has 0 atom stereocenters. The largest absolute Gasteiger partial charge is 0.487 e. The third kappa shape index (κ3) is 2.64. The van der Waals surface area contributed by atoms with Crippen molar-refractivity contribution in [3.63, 3.8) is 0 Å². The number of hydrogen-bond acceptors (Lipinski definition) is 3. The lowest BCUT2D eigenvalue weighted by Gasteiger charge is -2.11. The number of aromatic nitrogens is 2. The van der Waals surface area contributed by atoms with Crippen LogP contribution in [0.1, 0.15) is 5.56 Å². The summed E-state index contributed by atoms with van der Waals surface area (Å²) in [5.41, 5.74) is 8.67. The van der Waals surface area contributed by atoms with Gasteiger partial charge in [0, 0.05) is 18.5 Å². The minimum absolute atomic E-state index is 0.498. The van der Waals surface area contributed by atoms with Gasteiger partial charge in [-0.3, -0.25) is 0 Å². The molecule has 4 nitrogen and oxygen atoms in total. The Kier molecular flexibility index (Phi) is 3.37. The summed E-state index contributed by atoms with van der Waals surface area (Å²) in [6.45, 7) is 0.498. The number of imidazole rings is 1. The molecular formula is C16H15N3O. The molecule has 0 aliphatic rings. The van der Waals surface area contributed by atoms with Crippen LogP contribution in [0.15, 0.2) is 67.3 Å². The average molecular weight is 265 g/mol. The summed E-state index contributed by atoms with van der Waals surface area (Å²) >= 11 is 0. The molecule has 1 heterocycles. The van der Waals surface area contributed by atoms with Crippen LogP contribution in [0, 0.1) is 0 Å². The molecule has 2 N–H and O–H groups in total.